The Bertz CT molecular complexity index is 623. The monoisotopic (exact) mass is 292 g/mol. The summed E-state index contributed by atoms with van der Waals surface area (Å²) in [6.07, 6.45) is 4.07. The van der Waals surface area contributed by atoms with Gasteiger partial charge in [-0.15, -0.1) is 11.3 Å². The highest BCUT2D eigenvalue weighted by Crippen LogP contribution is 2.17. The van der Waals surface area contributed by atoms with Gasteiger partial charge in [0.1, 0.15) is 5.69 Å². The third-order valence-corrected chi connectivity index (χ3v) is 3.96. The highest BCUT2D eigenvalue weighted by Gasteiger charge is 2.07. The third kappa shape index (κ3) is 3.74. The van der Waals surface area contributed by atoms with Gasteiger partial charge in [-0.25, -0.2) is 9.97 Å². The number of nitrogens with one attached hydrogen (secondary N) is 2. The Kier molecular flexibility index (Phi) is 4.62. The predicted octanol–water partition coefficient (Wildman–Crippen LogP) is 1.21. The van der Waals surface area contributed by atoms with Gasteiger partial charge in [0.2, 0.25) is 0 Å². The van der Waals surface area contributed by atoms with Crippen molar-refractivity contribution in [2.24, 2.45) is 0 Å². The van der Waals surface area contributed by atoms with Gasteiger partial charge in [0, 0.05) is 24.0 Å². The molecular formula is C13H16N4O2S. The van der Waals surface area contributed by atoms with Crippen molar-refractivity contribution in [3.63, 3.8) is 0 Å². The fraction of sp³-hybridized carbons (Fsp3) is 0.385. The first-order valence-electron chi connectivity index (χ1n) is 6.32. The Hall–Kier alpha value is -2.02. The van der Waals surface area contributed by atoms with Gasteiger partial charge < -0.3 is 10.3 Å². The number of aryl methyl sites for hydroxylation is 3. The first-order valence-corrected chi connectivity index (χ1v) is 7.14. The summed E-state index contributed by atoms with van der Waals surface area (Å²) in [4.78, 5) is 34.4. The van der Waals surface area contributed by atoms with E-state index in [9.17, 15) is 9.59 Å². The summed E-state index contributed by atoms with van der Waals surface area (Å²) in [6, 6.07) is 0. The van der Waals surface area contributed by atoms with Crippen molar-refractivity contribution in [2.45, 2.75) is 26.7 Å². The second-order valence-electron chi connectivity index (χ2n) is 4.41. The van der Waals surface area contributed by atoms with Crippen LogP contribution in [0.5, 0.6) is 0 Å². The molecule has 20 heavy (non-hydrogen) atoms. The first-order chi connectivity index (χ1) is 9.56. The van der Waals surface area contributed by atoms with Gasteiger partial charge in [-0.1, -0.05) is 0 Å². The molecule has 0 aromatic carbocycles. The topological polar surface area (TPSA) is 87.7 Å². The van der Waals surface area contributed by atoms with Crippen molar-refractivity contribution in [3.05, 3.63) is 44.0 Å². The van der Waals surface area contributed by atoms with Crippen LogP contribution in [0.15, 0.2) is 17.2 Å². The van der Waals surface area contributed by atoms with Crippen molar-refractivity contribution in [3.8, 4) is 0 Å². The van der Waals surface area contributed by atoms with Gasteiger partial charge in [-0.05, 0) is 20.3 Å². The van der Waals surface area contributed by atoms with E-state index in [0.717, 1.165) is 29.7 Å². The van der Waals surface area contributed by atoms with Crippen molar-refractivity contribution >= 4 is 17.2 Å². The molecule has 0 saturated heterocycles. The number of thiazole rings is 1. The van der Waals surface area contributed by atoms with Crippen molar-refractivity contribution < 1.29 is 4.79 Å². The number of amides is 1. The lowest BCUT2D eigenvalue weighted by molar-refractivity contribution is 0.0948. The van der Waals surface area contributed by atoms with E-state index < -0.39 is 0 Å². The van der Waals surface area contributed by atoms with E-state index >= 15 is 0 Å². The summed E-state index contributed by atoms with van der Waals surface area (Å²) in [7, 11) is 0. The SMILES string of the molecule is Cc1nc(CCCNC(=O)c2c[nH]c(=O)cn2)sc1C. The first kappa shape index (κ1) is 14.4. The lowest BCUT2D eigenvalue weighted by Crippen LogP contribution is -2.26. The second kappa shape index (κ2) is 6.42. The van der Waals surface area contributed by atoms with Crippen LogP contribution in [0.2, 0.25) is 0 Å². The summed E-state index contributed by atoms with van der Waals surface area (Å²) < 4.78 is 0. The number of aromatic amines is 1. The molecule has 0 fully saturated rings. The van der Waals surface area contributed by atoms with Crippen LogP contribution in [0.4, 0.5) is 0 Å². The van der Waals surface area contributed by atoms with E-state index in [1.54, 1.807) is 11.3 Å². The average Bonchev–Trinajstić information content (AvgIpc) is 2.74. The molecule has 0 aliphatic rings. The maximum Gasteiger partial charge on any atom is 0.271 e. The van der Waals surface area contributed by atoms with Crippen LogP contribution in [-0.2, 0) is 6.42 Å². The van der Waals surface area contributed by atoms with Crippen LogP contribution in [0.3, 0.4) is 0 Å². The van der Waals surface area contributed by atoms with Crippen LogP contribution < -0.4 is 10.9 Å². The van der Waals surface area contributed by atoms with Gasteiger partial charge >= 0.3 is 0 Å². The fourth-order valence-electron chi connectivity index (χ4n) is 1.64. The van der Waals surface area contributed by atoms with Gasteiger partial charge in [0.25, 0.3) is 11.5 Å². The molecule has 2 heterocycles. The van der Waals surface area contributed by atoms with E-state index in [4.69, 9.17) is 0 Å². The lowest BCUT2D eigenvalue weighted by atomic mass is 10.3. The molecule has 0 radical (unpaired) electrons. The molecule has 0 spiro atoms. The smallest absolute Gasteiger partial charge is 0.271 e. The molecule has 2 N–H and O–H groups in total. The average molecular weight is 292 g/mol. The summed E-state index contributed by atoms with van der Waals surface area (Å²) >= 11 is 1.70. The van der Waals surface area contributed by atoms with E-state index in [2.05, 4.69) is 27.2 Å². The molecule has 106 valence electrons. The Morgan fingerprint density at radius 3 is 2.85 bits per heavy atom. The molecule has 1 amide bonds. The van der Waals surface area contributed by atoms with Gasteiger partial charge in [-0.3, -0.25) is 9.59 Å². The minimum absolute atomic E-state index is 0.213. The van der Waals surface area contributed by atoms with Gasteiger partial charge in [-0.2, -0.15) is 0 Å². The summed E-state index contributed by atoms with van der Waals surface area (Å²) in [5.41, 5.74) is 0.966. The summed E-state index contributed by atoms with van der Waals surface area (Å²) in [5, 5.41) is 3.86. The maximum atomic E-state index is 11.7. The zero-order chi connectivity index (χ0) is 14.5. The number of nitrogens with zero attached hydrogens (tertiary/aromatic N) is 2. The molecule has 2 aromatic heterocycles. The normalized spacial score (nSPS) is 10.5. The number of hydrogen-bond acceptors (Lipinski definition) is 5. The molecule has 0 bridgehead atoms. The number of aromatic nitrogens is 3. The van der Waals surface area contributed by atoms with Crippen molar-refractivity contribution in [1.82, 2.24) is 20.3 Å². The van der Waals surface area contributed by atoms with Crippen molar-refractivity contribution in [2.75, 3.05) is 6.54 Å². The van der Waals surface area contributed by atoms with E-state index in [-0.39, 0.29) is 17.2 Å². The van der Waals surface area contributed by atoms with Gasteiger partial charge in [0.15, 0.2) is 0 Å². The second-order valence-corrected chi connectivity index (χ2v) is 5.69. The van der Waals surface area contributed by atoms with E-state index in [1.807, 2.05) is 6.92 Å². The Balaban J connectivity index is 1.77. The number of rotatable bonds is 5. The molecule has 0 saturated carbocycles. The Labute approximate surface area is 120 Å². The lowest BCUT2D eigenvalue weighted by Gasteiger charge is -2.03. The van der Waals surface area contributed by atoms with Crippen LogP contribution in [0.1, 0.15) is 32.5 Å². The Morgan fingerprint density at radius 2 is 2.25 bits per heavy atom. The highest BCUT2D eigenvalue weighted by atomic mass is 32.1. The van der Waals surface area contributed by atoms with Crippen LogP contribution in [0.25, 0.3) is 0 Å². The van der Waals surface area contributed by atoms with Crippen molar-refractivity contribution in [1.29, 1.82) is 0 Å². The minimum Gasteiger partial charge on any atom is -0.351 e. The molecule has 0 aliphatic heterocycles. The molecule has 7 heteroatoms. The quantitative estimate of drug-likeness (QED) is 0.811. The number of hydrogen-bond donors (Lipinski definition) is 2. The molecule has 6 nitrogen and oxygen atoms in total. The zero-order valence-corrected chi connectivity index (χ0v) is 12.2. The van der Waals surface area contributed by atoms with E-state index in [1.165, 1.54) is 11.1 Å². The molecule has 0 atom stereocenters. The molecule has 2 rings (SSSR count). The highest BCUT2D eigenvalue weighted by molar-refractivity contribution is 7.11. The molecule has 2 aromatic rings. The van der Waals surface area contributed by atoms with Crippen LogP contribution in [-0.4, -0.2) is 27.4 Å². The summed E-state index contributed by atoms with van der Waals surface area (Å²) in [6.45, 7) is 4.61. The fourth-order valence-corrected chi connectivity index (χ4v) is 2.62. The van der Waals surface area contributed by atoms with Gasteiger partial charge in [0.05, 0.1) is 16.9 Å². The number of carbonyl (C=O) groups is 1. The third-order valence-electron chi connectivity index (χ3n) is 2.83. The largest absolute Gasteiger partial charge is 0.351 e. The minimum atomic E-state index is -0.323. The molecule has 0 aliphatic carbocycles. The number of H-pyrrole nitrogens is 1. The molecule has 0 unspecified atom stereocenters. The van der Waals surface area contributed by atoms with E-state index in [0.29, 0.717) is 6.54 Å². The number of carbonyl (C=O) groups excluding carboxylic acids is 1. The predicted molar refractivity (Wildman–Crippen MR) is 77.1 cm³/mol. The standard InChI is InChI=1S/C13H16N4O2S/c1-8-9(2)20-12(17-8)4-3-5-14-13(19)10-6-16-11(18)7-15-10/h6-7H,3-5H2,1-2H3,(H,14,19)(H,16,18). The maximum absolute atomic E-state index is 11.7. The van der Waals surface area contributed by atoms with Crippen LogP contribution >= 0.6 is 11.3 Å². The Morgan fingerprint density at radius 1 is 1.45 bits per heavy atom. The molecular weight excluding hydrogens is 276 g/mol. The summed E-state index contributed by atoms with van der Waals surface area (Å²) in [5.74, 6) is -0.284. The zero-order valence-electron chi connectivity index (χ0n) is 11.4. The van der Waals surface area contributed by atoms with Crippen LogP contribution in [0, 0.1) is 13.8 Å².